The van der Waals surface area contributed by atoms with Gasteiger partial charge >= 0.3 is 0 Å². The summed E-state index contributed by atoms with van der Waals surface area (Å²) in [5.41, 5.74) is 2.46. The van der Waals surface area contributed by atoms with Crippen molar-refractivity contribution in [2.24, 2.45) is 7.05 Å². The van der Waals surface area contributed by atoms with E-state index in [-0.39, 0.29) is 5.91 Å². The molecule has 18 heavy (non-hydrogen) atoms. The van der Waals surface area contributed by atoms with E-state index in [2.05, 4.69) is 15.7 Å². The normalized spacial score (nSPS) is 10.2. The molecule has 94 valence electrons. The first-order valence-corrected chi connectivity index (χ1v) is 5.69. The molecule has 2 N–H and O–H groups in total. The summed E-state index contributed by atoms with van der Waals surface area (Å²) in [6.45, 7) is 1.96. The number of hydrogen-bond acceptors (Lipinski definition) is 3. The molecule has 0 spiro atoms. The lowest BCUT2D eigenvalue weighted by Gasteiger charge is -2.09. The Morgan fingerprint density at radius 3 is 2.72 bits per heavy atom. The van der Waals surface area contributed by atoms with E-state index in [0.29, 0.717) is 11.4 Å². The molecule has 2 aromatic rings. The predicted molar refractivity (Wildman–Crippen MR) is 71.9 cm³/mol. The van der Waals surface area contributed by atoms with Crippen molar-refractivity contribution in [2.75, 3.05) is 17.7 Å². The maximum Gasteiger partial charge on any atom is 0.258 e. The Bertz CT molecular complexity index is 574. The van der Waals surface area contributed by atoms with Gasteiger partial charge in [0.1, 0.15) is 0 Å². The molecular weight excluding hydrogens is 228 g/mol. The van der Waals surface area contributed by atoms with E-state index in [9.17, 15) is 4.79 Å². The van der Waals surface area contributed by atoms with Crippen LogP contribution >= 0.6 is 0 Å². The summed E-state index contributed by atoms with van der Waals surface area (Å²) in [5, 5.41) is 9.90. The van der Waals surface area contributed by atoms with Crippen molar-refractivity contribution in [1.29, 1.82) is 0 Å². The van der Waals surface area contributed by atoms with Gasteiger partial charge in [-0.1, -0.05) is 11.6 Å². The lowest BCUT2D eigenvalue weighted by atomic mass is 10.1. The van der Waals surface area contributed by atoms with Crippen LogP contribution in [-0.4, -0.2) is 22.7 Å². The highest BCUT2D eigenvalue weighted by atomic mass is 16.1. The van der Waals surface area contributed by atoms with Crippen LogP contribution in [0, 0.1) is 6.92 Å². The van der Waals surface area contributed by atoms with Gasteiger partial charge in [-0.05, 0) is 19.1 Å². The zero-order chi connectivity index (χ0) is 13.1. The summed E-state index contributed by atoms with van der Waals surface area (Å²) < 4.78 is 1.64. The Balaban J connectivity index is 2.25. The molecule has 0 aliphatic heterocycles. The molecule has 5 nitrogen and oxygen atoms in total. The van der Waals surface area contributed by atoms with Gasteiger partial charge in [0.15, 0.2) is 5.82 Å². The molecule has 1 aromatic heterocycles. The van der Waals surface area contributed by atoms with Crippen LogP contribution in [0.25, 0.3) is 0 Å². The van der Waals surface area contributed by atoms with Crippen LogP contribution < -0.4 is 10.6 Å². The fourth-order valence-electron chi connectivity index (χ4n) is 1.73. The van der Waals surface area contributed by atoms with Crippen molar-refractivity contribution in [3.63, 3.8) is 0 Å². The van der Waals surface area contributed by atoms with Crippen LogP contribution in [0.15, 0.2) is 30.5 Å². The van der Waals surface area contributed by atoms with Gasteiger partial charge in [0.25, 0.3) is 5.91 Å². The molecule has 5 heteroatoms. The van der Waals surface area contributed by atoms with E-state index in [1.807, 2.05) is 25.1 Å². The van der Waals surface area contributed by atoms with Gasteiger partial charge in [-0.2, -0.15) is 5.10 Å². The van der Waals surface area contributed by atoms with Gasteiger partial charge in [0.2, 0.25) is 0 Å². The Kier molecular flexibility index (Phi) is 3.32. The third-order valence-electron chi connectivity index (χ3n) is 2.64. The van der Waals surface area contributed by atoms with Crippen molar-refractivity contribution >= 4 is 17.4 Å². The number of nitrogens with one attached hydrogen (secondary N) is 2. The summed E-state index contributed by atoms with van der Waals surface area (Å²) in [6.07, 6.45) is 1.78. The van der Waals surface area contributed by atoms with Crippen LogP contribution in [0.2, 0.25) is 0 Å². The maximum absolute atomic E-state index is 12.2. The van der Waals surface area contributed by atoms with E-state index in [0.717, 1.165) is 11.3 Å². The Morgan fingerprint density at radius 2 is 2.11 bits per heavy atom. The largest absolute Gasteiger partial charge is 0.387 e. The quantitative estimate of drug-likeness (QED) is 0.868. The second-order valence-electron chi connectivity index (χ2n) is 4.13. The van der Waals surface area contributed by atoms with Gasteiger partial charge in [0, 0.05) is 32.0 Å². The van der Waals surface area contributed by atoms with E-state index >= 15 is 0 Å². The molecule has 0 unspecified atom stereocenters. The van der Waals surface area contributed by atoms with Crippen LogP contribution in [-0.2, 0) is 7.05 Å². The molecule has 0 radical (unpaired) electrons. The van der Waals surface area contributed by atoms with Crippen molar-refractivity contribution in [2.45, 2.75) is 6.92 Å². The number of carbonyl (C=O) groups excluding carboxylic acids is 1. The summed E-state index contributed by atoms with van der Waals surface area (Å²) in [4.78, 5) is 12.2. The fraction of sp³-hybridized carbons (Fsp3) is 0.231. The van der Waals surface area contributed by atoms with Gasteiger partial charge in [0.05, 0.1) is 5.56 Å². The smallest absolute Gasteiger partial charge is 0.258 e. The summed E-state index contributed by atoms with van der Waals surface area (Å²) in [5.74, 6) is 0.382. The van der Waals surface area contributed by atoms with Gasteiger partial charge in [-0.25, -0.2) is 0 Å². The van der Waals surface area contributed by atoms with Crippen LogP contribution in [0.3, 0.4) is 0 Å². The Morgan fingerprint density at radius 1 is 1.33 bits per heavy atom. The fourth-order valence-corrected chi connectivity index (χ4v) is 1.73. The highest BCUT2D eigenvalue weighted by molar-refractivity contribution is 6.07. The standard InChI is InChI=1S/C13H16N4O/c1-9-4-5-11(14-2)10(8-9)13(18)15-12-6-7-17(3)16-12/h4-8,14H,1-3H3,(H,15,16,18). The number of aryl methyl sites for hydroxylation is 2. The number of hydrogen-bond donors (Lipinski definition) is 2. The van der Waals surface area contributed by atoms with E-state index in [4.69, 9.17) is 0 Å². The second kappa shape index (κ2) is 4.91. The Labute approximate surface area is 106 Å². The molecule has 1 amide bonds. The average Bonchev–Trinajstić information content (AvgIpc) is 2.74. The first-order valence-electron chi connectivity index (χ1n) is 5.69. The molecule has 0 bridgehead atoms. The summed E-state index contributed by atoms with van der Waals surface area (Å²) in [6, 6.07) is 7.46. The third-order valence-corrected chi connectivity index (χ3v) is 2.64. The van der Waals surface area contributed by atoms with Crippen LogP contribution in [0.5, 0.6) is 0 Å². The summed E-state index contributed by atoms with van der Waals surface area (Å²) >= 11 is 0. The van der Waals surface area contributed by atoms with E-state index in [1.165, 1.54) is 0 Å². The van der Waals surface area contributed by atoms with Crippen molar-refractivity contribution in [1.82, 2.24) is 9.78 Å². The molecule has 1 aromatic carbocycles. The zero-order valence-corrected chi connectivity index (χ0v) is 10.7. The molecule has 0 aliphatic rings. The summed E-state index contributed by atoms with van der Waals surface area (Å²) in [7, 11) is 3.60. The minimum absolute atomic E-state index is 0.165. The molecule has 0 aliphatic carbocycles. The molecule has 0 saturated heterocycles. The highest BCUT2D eigenvalue weighted by Gasteiger charge is 2.12. The number of aromatic nitrogens is 2. The Hall–Kier alpha value is -2.30. The monoisotopic (exact) mass is 244 g/mol. The first kappa shape index (κ1) is 12.2. The lowest BCUT2D eigenvalue weighted by molar-refractivity contribution is 0.102. The minimum Gasteiger partial charge on any atom is -0.387 e. The molecule has 2 rings (SSSR count). The molecule has 0 saturated carbocycles. The van der Waals surface area contributed by atoms with Crippen molar-refractivity contribution in [3.8, 4) is 0 Å². The van der Waals surface area contributed by atoms with Gasteiger partial charge in [-0.15, -0.1) is 0 Å². The van der Waals surface area contributed by atoms with E-state index in [1.54, 1.807) is 31.0 Å². The average molecular weight is 244 g/mol. The SMILES string of the molecule is CNc1ccc(C)cc1C(=O)Nc1ccn(C)n1. The number of amides is 1. The molecule has 0 atom stereocenters. The zero-order valence-electron chi connectivity index (χ0n) is 10.7. The highest BCUT2D eigenvalue weighted by Crippen LogP contribution is 2.18. The van der Waals surface area contributed by atoms with Gasteiger partial charge in [-0.3, -0.25) is 9.48 Å². The number of benzene rings is 1. The van der Waals surface area contributed by atoms with Gasteiger partial charge < -0.3 is 10.6 Å². The predicted octanol–water partition coefficient (Wildman–Crippen LogP) is 2.02. The van der Waals surface area contributed by atoms with Crippen molar-refractivity contribution < 1.29 is 4.79 Å². The van der Waals surface area contributed by atoms with E-state index < -0.39 is 0 Å². The second-order valence-corrected chi connectivity index (χ2v) is 4.13. The molecule has 1 heterocycles. The minimum atomic E-state index is -0.165. The number of anilines is 2. The molecular formula is C13H16N4O. The topological polar surface area (TPSA) is 59.0 Å². The van der Waals surface area contributed by atoms with Crippen LogP contribution in [0.4, 0.5) is 11.5 Å². The molecule has 0 fully saturated rings. The van der Waals surface area contributed by atoms with Crippen molar-refractivity contribution in [3.05, 3.63) is 41.6 Å². The number of rotatable bonds is 3. The van der Waals surface area contributed by atoms with Crippen LogP contribution in [0.1, 0.15) is 15.9 Å². The third kappa shape index (κ3) is 2.51. The first-order chi connectivity index (χ1) is 8.60. The lowest BCUT2D eigenvalue weighted by Crippen LogP contribution is -2.14. The maximum atomic E-state index is 12.2. The number of carbonyl (C=O) groups is 1. The number of nitrogens with zero attached hydrogens (tertiary/aromatic N) is 2.